The van der Waals surface area contributed by atoms with E-state index in [-0.39, 0.29) is 35.5 Å². The molecule has 20 nitrogen and oxygen atoms in total. The number of rotatable bonds is 28. The van der Waals surface area contributed by atoms with Crippen molar-refractivity contribution in [1.29, 1.82) is 0 Å². The average molecular weight is 1640 g/mol. The smallest absolute Gasteiger partial charge is 0.229 e. The van der Waals surface area contributed by atoms with Crippen molar-refractivity contribution >= 4 is 69.4 Å². The van der Waals surface area contributed by atoms with Gasteiger partial charge < -0.3 is 26.6 Å². The van der Waals surface area contributed by atoms with Gasteiger partial charge in [-0.25, -0.2) is 49.8 Å². The van der Waals surface area contributed by atoms with E-state index in [0.717, 1.165) is 134 Å². The number of aromatic nitrogens is 10. The maximum Gasteiger partial charge on any atom is 0.229 e. The largest absolute Gasteiger partial charge is 0.309 e. The van der Waals surface area contributed by atoms with Crippen LogP contribution in [0.15, 0.2) is 225 Å². The summed E-state index contributed by atoms with van der Waals surface area (Å²) in [5.41, 5.74) is 14.5. The van der Waals surface area contributed by atoms with Crippen LogP contribution in [0.4, 0.5) is 29.1 Å². The molecule has 13 rings (SSSR count). The highest BCUT2D eigenvalue weighted by Gasteiger charge is 2.23. The van der Waals surface area contributed by atoms with Crippen molar-refractivity contribution < 1.29 is 24.0 Å². The summed E-state index contributed by atoms with van der Waals surface area (Å²) in [7, 11) is 0. The number of carbonyl (C=O) groups is 5. The molecule has 5 aromatic heterocycles. The molecule has 5 N–H and O–H groups in total. The minimum atomic E-state index is -0.128. The Bertz CT molecular complexity index is 5300. The van der Waals surface area contributed by atoms with Gasteiger partial charge in [-0.1, -0.05) is 310 Å². The SMILES string of the molecule is CC(=O)Nc1ncc(-c2ccccc2)nc1CC(C)C.CC(C)CC(=O)Nc1ncc(-c2ccccc2)nc1CC(C)C.CC(C)Cc1nc(-c2ccccc2)cnc1NC(=O)CC1CCCCC1.CC(C)Cc1nc(-c2ccccc2)cnc1NC(=O)Cc1ccc2ccccc2c1.CCC(C)C(=O)Nc1ncc(-c2ccccc2)nc1CC(C)C. The predicted octanol–water partition coefficient (Wildman–Crippen LogP) is 22.9. The normalized spacial score (nSPS) is 12.1. The molecule has 0 aliphatic heterocycles. The Morgan fingerprint density at radius 1 is 0.336 bits per heavy atom. The minimum Gasteiger partial charge on any atom is -0.309 e. The third-order valence-corrected chi connectivity index (χ3v) is 19.9. The Hall–Kier alpha value is -12.5. The number of benzene rings is 7. The van der Waals surface area contributed by atoms with Crippen LogP contribution in [0.2, 0.25) is 0 Å². The summed E-state index contributed by atoms with van der Waals surface area (Å²) in [6.45, 7) is 30.8. The van der Waals surface area contributed by atoms with Gasteiger partial charge in [-0.05, 0) is 109 Å². The van der Waals surface area contributed by atoms with Gasteiger partial charge >= 0.3 is 0 Å². The van der Waals surface area contributed by atoms with Gasteiger partial charge in [-0.2, -0.15) is 0 Å². The number of nitrogens with zero attached hydrogens (tertiary/aromatic N) is 10. The molecule has 636 valence electrons. The second-order valence-electron chi connectivity index (χ2n) is 33.9. The number of fused-ring (bicyclic) bond motifs is 1. The molecule has 1 atom stereocenters. The second kappa shape index (κ2) is 48.1. The van der Waals surface area contributed by atoms with Crippen LogP contribution in [-0.4, -0.2) is 79.4 Å². The van der Waals surface area contributed by atoms with Gasteiger partial charge in [-0.15, -0.1) is 0 Å². The van der Waals surface area contributed by atoms with Crippen LogP contribution in [-0.2, 0) is 62.5 Å². The Labute approximate surface area is 722 Å². The summed E-state index contributed by atoms with van der Waals surface area (Å²) in [6.07, 6.45) is 20.9. The molecule has 12 aromatic rings. The van der Waals surface area contributed by atoms with E-state index < -0.39 is 0 Å². The lowest BCUT2D eigenvalue weighted by Crippen LogP contribution is -2.22. The van der Waals surface area contributed by atoms with Gasteiger partial charge in [0.1, 0.15) is 0 Å². The summed E-state index contributed by atoms with van der Waals surface area (Å²) in [6, 6.07) is 64.2. The zero-order valence-corrected chi connectivity index (χ0v) is 73.9. The number of carbonyl (C=O) groups excluding carboxylic acids is 5. The molecule has 0 radical (unpaired) electrons. The first-order chi connectivity index (χ1) is 58.7. The van der Waals surface area contributed by atoms with Crippen molar-refractivity contribution in [3.63, 3.8) is 0 Å². The van der Waals surface area contributed by atoms with Gasteiger partial charge in [0.15, 0.2) is 29.1 Å². The molecular weight excluding hydrogens is 1520 g/mol. The maximum atomic E-state index is 12.7. The minimum absolute atomic E-state index is 0.000678. The monoisotopic (exact) mass is 1640 g/mol. The highest BCUT2D eigenvalue weighted by molar-refractivity contribution is 5.94. The van der Waals surface area contributed by atoms with Crippen molar-refractivity contribution in [2.45, 2.75) is 194 Å². The molecule has 1 saturated carbocycles. The Kier molecular flexibility index (Phi) is 36.8. The van der Waals surface area contributed by atoms with Crippen molar-refractivity contribution in [2.24, 2.45) is 47.3 Å². The predicted molar refractivity (Wildman–Crippen MR) is 497 cm³/mol. The molecule has 1 unspecified atom stereocenters. The number of hydrogen-bond donors (Lipinski definition) is 5. The van der Waals surface area contributed by atoms with E-state index in [9.17, 15) is 24.0 Å². The number of anilines is 5. The van der Waals surface area contributed by atoms with Gasteiger partial charge in [0, 0.05) is 53.5 Å². The van der Waals surface area contributed by atoms with Crippen LogP contribution in [0.5, 0.6) is 0 Å². The van der Waals surface area contributed by atoms with Crippen LogP contribution >= 0.6 is 0 Å². The summed E-state index contributed by atoms with van der Waals surface area (Å²) in [5, 5.41) is 16.9. The van der Waals surface area contributed by atoms with Crippen molar-refractivity contribution in [3.8, 4) is 56.3 Å². The van der Waals surface area contributed by atoms with Gasteiger partial charge in [-0.3, -0.25) is 24.0 Å². The van der Waals surface area contributed by atoms with Crippen LogP contribution in [0.1, 0.15) is 189 Å². The number of nitrogens with one attached hydrogen (secondary N) is 5. The summed E-state index contributed by atoms with van der Waals surface area (Å²) >= 11 is 0. The van der Waals surface area contributed by atoms with Crippen molar-refractivity contribution in [2.75, 3.05) is 26.6 Å². The zero-order chi connectivity index (χ0) is 87.5. The second-order valence-corrected chi connectivity index (χ2v) is 33.9. The first-order valence-electron chi connectivity index (χ1n) is 43.2. The average Bonchev–Trinajstić information content (AvgIpc) is 0.854. The van der Waals surface area contributed by atoms with Crippen LogP contribution in [0.3, 0.4) is 0 Å². The highest BCUT2D eigenvalue weighted by Crippen LogP contribution is 2.31. The maximum absolute atomic E-state index is 12.7. The lowest BCUT2D eigenvalue weighted by molar-refractivity contribution is -0.119. The lowest BCUT2D eigenvalue weighted by atomic mass is 9.87. The van der Waals surface area contributed by atoms with Gasteiger partial charge in [0.2, 0.25) is 29.5 Å². The van der Waals surface area contributed by atoms with Gasteiger partial charge in [0.05, 0.1) is 94.3 Å². The van der Waals surface area contributed by atoms with Crippen molar-refractivity contribution in [1.82, 2.24) is 49.8 Å². The van der Waals surface area contributed by atoms with Crippen LogP contribution in [0.25, 0.3) is 67.1 Å². The van der Waals surface area contributed by atoms with E-state index in [1.54, 1.807) is 31.0 Å². The fourth-order valence-electron chi connectivity index (χ4n) is 13.7. The summed E-state index contributed by atoms with van der Waals surface area (Å²) < 4.78 is 0. The molecule has 5 amide bonds. The van der Waals surface area contributed by atoms with Crippen LogP contribution in [0, 0.1) is 47.3 Å². The first-order valence-corrected chi connectivity index (χ1v) is 43.2. The Morgan fingerprint density at radius 3 is 0.959 bits per heavy atom. The molecule has 1 fully saturated rings. The van der Waals surface area contributed by atoms with E-state index >= 15 is 0 Å². The lowest BCUT2D eigenvalue weighted by Gasteiger charge is -2.21. The number of amides is 5. The first kappa shape index (κ1) is 93.4. The quantitative estimate of drug-likeness (QED) is 0.0305. The third kappa shape index (κ3) is 31.0. The topological polar surface area (TPSA) is 274 Å². The molecule has 0 spiro atoms. The third-order valence-electron chi connectivity index (χ3n) is 19.9. The molecule has 1 aliphatic rings. The fraction of sp³-hybridized carbons (Fsp3) is 0.363. The molecule has 0 bridgehead atoms. The Balaban J connectivity index is 0.000000174. The van der Waals surface area contributed by atoms with Crippen molar-refractivity contribution in [3.05, 3.63) is 259 Å². The molecular formula is C102H123N15O5. The van der Waals surface area contributed by atoms with E-state index in [1.165, 1.54) is 44.4 Å². The zero-order valence-electron chi connectivity index (χ0n) is 73.9. The molecule has 1 aliphatic carbocycles. The van der Waals surface area contributed by atoms with Crippen LogP contribution < -0.4 is 26.6 Å². The fourth-order valence-corrected chi connectivity index (χ4v) is 13.7. The molecule has 7 aromatic carbocycles. The summed E-state index contributed by atoms with van der Waals surface area (Å²) in [5.74, 6) is 5.75. The van der Waals surface area contributed by atoms with E-state index in [0.29, 0.717) is 89.8 Å². The van der Waals surface area contributed by atoms with E-state index in [1.807, 2.05) is 198 Å². The summed E-state index contributed by atoms with van der Waals surface area (Å²) in [4.78, 5) is 107. The standard InChI is InChI=1S/C26H25N3O.C22H29N3O.2C19H25N3O.C16H19N3O/c1-18(2)14-23-26(27-17-24(28-23)21-9-4-3-5-10-21)29-25(30)16-19-12-13-20-8-6-7-11-22(20)15-19;1-16(2)13-19-22(25-21(26)14-17-9-5-3-6-10-17)23-15-20(24-19)18-11-7-4-8-12-18;1-13(2)10-16-19(22-18(23)11-14(3)4)20-12-17(21-16)15-8-6-5-7-9-15;1-5-14(4)19(23)22-18-16(11-13(2)3)21-17(12-20-18)15-9-7-6-8-10-15;1-11(2)9-14-16(18-12(3)20)17-10-15(19-14)13-7-5-4-6-8-13/h3-13,15,17-18H,14,16H2,1-2H3,(H,27,29,30);4,7-8,11-12,15-17H,3,5-6,9-10,13-14H2,1-2H3,(H,23,25,26);5-9,12-14H,10-11H2,1-4H3,(H,20,22,23);6-10,12-14H,5,11H2,1-4H3,(H,20,22,23);4-8,10-11H,9H2,1-3H3,(H,17,18,20). The van der Waals surface area contributed by atoms with E-state index in [4.69, 9.17) is 19.9 Å². The molecule has 122 heavy (non-hydrogen) atoms. The molecule has 5 heterocycles. The van der Waals surface area contributed by atoms with Gasteiger partial charge in [0.25, 0.3) is 0 Å². The highest BCUT2D eigenvalue weighted by atomic mass is 16.2. The van der Waals surface area contributed by atoms with E-state index in [2.05, 4.69) is 150 Å². The number of hydrogen-bond acceptors (Lipinski definition) is 15. The molecule has 20 heteroatoms. The molecule has 0 saturated heterocycles. The Morgan fingerprint density at radius 2 is 0.639 bits per heavy atom.